The van der Waals surface area contributed by atoms with Crippen molar-refractivity contribution in [1.82, 2.24) is 0 Å². The lowest BCUT2D eigenvalue weighted by atomic mass is 9.86. The van der Waals surface area contributed by atoms with E-state index in [0.717, 1.165) is 34.4 Å². The highest BCUT2D eigenvalue weighted by Crippen LogP contribution is 2.43. The molecule has 3 aromatic carbocycles. The predicted molar refractivity (Wildman–Crippen MR) is 129 cm³/mol. The zero-order chi connectivity index (χ0) is 22.8. The smallest absolute Gasteiger partial charge is 0.232 e. The van der Waals surface area contributed by atoms with Gasteiger partial charge in [-0.3, -0.25) is 4.79 Å². The van der Waals surface area contributed by atoms with E-state index >= 15 is 0 Å². The first kappa shape index (κ1) is 22.2. The number of anilines is 1. The summed E-state index contributed by atoms with van der Waals surface area (Å²) in [6, 6.07) is 19.4. The lowest BCUT2D eigenvalue weighted by Gasteiger charge is -2.38. The van der Waals surface area contributed by atoms with Crippen LogP contribution in [-0.4, -0.2) is 19.1 Å². The summed E-state index contributed by atoms with van der Waals surface area (Å²) in [5.41, 5.74) is 4.99. The van der Waals surface area contributed by atoms with Crippen molar-refractivity contribution in [1.29, 1.82) is 0 Å². The number of carbonyl (C=O) groups is 1. The molecule has 1 aliphatic rings. The summed E-state index contributed by atoms with van der Waals surface area (Å²) in [6.07, 6.45) is 1.23. The van der Waals surface area contributed by atoms with E-state index in [2.05, 4.69) is 6.92 Å². The Balaban J connectivity index is 1.90. The van der Waals surface area contributed by atoms with E-state index in [0.29, 0.717) is 22.9 Å². The molecule has 0 aromatic heterocycles. The molecule has 32 heavy (non-hydrogen) atoms. The van der Waals surface area contributed by atoms with Gasteiger partial charge in [-0.2, -0.15) is 0 Å². The first-order chi connectivity index (χ1) is 15.4. The molecule has 0 N–H and O–H groups in total. The van der Waals surface area contributed by atoms with Crippen molar-refractivity contribution < 1.29 is 14.3 Å². The van der Waals surface area contributed by atoms with E-state index in [1.807, 2.05) is 79.4 Å². The van der Waals surface area contributed by atoms with Gasteiger partial charge < -0.3 is 14.4 Å². The van der Waals surface area contributed by atoms with E-state index in [4.69, 9.17) is 21.1 Å². The lowest BCUT2D eigenvalue weighted by Crippen LogP contribution is -2.41. The SMILES string of the molecule is CC[C@@H](C)Oc1cc2c(cc1OC)CC(=O)N(c1ccc(C)cc1)C2c1ccc(Cl)cc1. The topological polar surface area (TPSA) is 38.8 Å². The van der Waals surface area contributed by atoms with Crippen molar-refractivity contribution in [2.45, 2.75) is 45.8 Å². The minimum absolute atomic E-state index is 0.0407. The molecule has 1 heterocycles. The summed E-state index contributed by atoms with van der Waals surface area (Å²) in [7, 11) is 1.63. The Bertz CT molecular complexity index is 1110. The highest BCUT2D eigenvalue weighted by atomic mass is 35.5. The van der Waals surface area contributed by atoms with E-state index in [1.165, 1.54) is 0 Å². The van der Waals surface area contributed by atoms with Gasteiger partial charge in [-0.25, -0.2) is 0 Å². The Hall–Kier alpha value is -2.98. The van der Waals surface area contributed by atoms with Crippen molar-refractivity contribution in [3.8, 4) is 11.5 Å². The molecule has 4 nitrogen and oxygen atoms in total. The number of methoxy groups -OCH3 is 1. The second-order valence-electron chi connectivity index (χ2n) is 8.27. The molecule has 0 saturated heterocycles. The molecule has 166 valence electrons. The molecule has 1 amide bonds. The molecule has 3 aromatic rings. The van der Waals surface area contributed by atoms with Gasteiger partial charge in [0.2, 0.25) is 5.91 Å². The number of aryl methyl sites for hydroxylation is 1. The second-order valence-corrected chi connectivity index (χ2v) is 8.71. The Morgan fingerprint density at radius 3 is 2.38 bits per heavy atom. The van der Waals surface area contributed by atoms with Gasteiger partial charge in [0, 0.05) is 10.7 Å². The maximum Gasteiger partial charge on any atom is 0.232 e. The van der Waals surface area contributed by atoms with Crippen LogP contribution in [0.4, 0.5) is 5.69 Å². The summed E-state index contributed by atoms with van der Waals surface area (Å²) in [6.45, 7) is 6.17. The molecular weight excluding hydrogens is 422 g/mol. The molecule has 0 fully saturated rings. The zero-order valence-corrected chi connectivity index (χ0v) is 19.6. The number of nitrogens with zero attached hydrogens (tertiary/aromatic N) is 1. The number of rotatable bonds is 6. The number of benzene rings is 3. The Labute approximate surface area is 194 Å². The average Bonchev–Trinajstić information content (AvgIpc) is 2.79. The molecule has 0 radical (unpaired) electrons. The van der Waals surface area contributed by atoms with Crippen molar-refractivity contribution in [3.05, 3.63) is 87.9 Å². The van der Waals surface area contributed by atoms with Gasteiger partial charge >= 0.3 is 0 Å². The minimum atomic E-state index is -0.295. The van der Waals surface area contributed by atoms with Gasteiger partial charge in [0.1, 0.15) is 0 Å². The van der Waals surface area contributed by atoms with Crippen LogP contribution in [0.25, 0.3) is 0 Å². The van der Waals surface area contributed by atoms with Crippen LogP contribution in [0.5, 0.6) is 11.5 Å². The summed E-state index contributed by atoms with van der Waals surface area (Å²) < 4.78 is 11.8. The summed E-state index contributed by atoms with van der Waals surface area (Å²) in [4.78, 5) is 15.3. The average molecular weight is 450 g/mol. The Morgan fingerprint density at radius 2 is 1.75 bits per heavy atom. The van der Waals surface area contributed by atoms with Gasteiger partial charge in [0.25, 0.3) is 0 Å². The van der Waals surface area contributed by atoms with E-state index in [1.54, 1.807) is 7.11 Å². The maximum absolute atomic E-state index is 13.4. The normalized spacial score (nSPS) is 16.5. The molecule has 1 unspecified atom stereocenters. The van der Waals surface area contributed by atoms with Crippen LogP contribution in [0.1, 0.15) is 48.6 Å². The summed E-state index contributed by atoms with van der Waals surface area (Å²) >= 11 is 6.17. The van der Waals surface area contributed by atoms with Crippen molar-refractivity contribution in [2.75, 3.05) is 12.0 Å². The number of ether oxygens (including phenoxy) is 2. The Kier molecular flexibility index (Phi) is 6.43. The van der Waals surface area contributed by atoms with Crippen LogP contribution < -0.4 is 14.4 Å². The Morgan fingerprint density at radius 1 is 1.06 bits per heavy atom. The van der Waals surface area contributed by atoms with Crippen LogP contribution in [0, 0.1) is 6.92 Å². The van der Waals surface area contributed by atoms with E-state index in [9.17, 15) is 4.79 Å². The van der Waals surface area contributed by atoms with Crippen LogP contribution in [0.2, 0.25) is 5.02 Å². The van der Waals surface area contributed by atoms with Crippen LogP contribution >= 0.6 is 11.6 Å². The second kappa shape index (κ2) is 9.25. The first-order valence-electron chi connectivity index (χ1n) is 10.9. The fraction of sp³-hybridized carbons (Fsp3) is 0.296. The van der Waals surface area contributed by atoms with Gasteiger partial charge in [0.05, 0.1) is 25.7 Å². The third-order valence-electron chi connectivity index (χ3n) is 5.99. The van der Waals surface area contributed by atoms with Crippen LogP contribution in [0.3, 0.4) is 0 Å². The molecule has 0 spiro atoms. The third-order valence-corrected chi connectivity index (χ3v) is 6.24. The van der Waals surface area contributed by atoms with Crippen molar-refractivity contribution in [2.24, 2.45) is 0 Å². The summed E-state index contributed by atoms with van der Waals surface area (Å²) in [5.74, 6) is 1.38. The number of hydrogen-bond acceptors (Lipinski definition) is 3. The number of hydrogen-bond donors (Lipinski definition) is 0. The molecule has 4 rings (SSSR count). The fourth-order valence-corrected chi connectivity index (χ4v) is 4.21. The number of halogens is 1. The minimum Gasteiger partial charge on any atom is -0.493 e. The molecule has 1 aliphatic heterocycles. The third kappa shape index (κ3) is 4.33. The van der Waals surface area contributed by atoms with Crippen molar-refractivity contribution >= 4 is 23.2 Å². The van der Waals surface area contributed by atoms with Gasteiger partial charge in [-0.1, -0.05) is 48.4 Å². The number of amides is 1. The monoisotopic (exact) mass is 449 g/mol. The zero-order valence-electron chi connectivity index (χ0n) is 18.9. The molecule has 5 heteroatoms. The summed E-state index contributed by atoms with van der Waals surface area (Å²) in [5, 5.41) is 0.661. The first-order valence-corrected chi connectivity index (χ1v) is 11.3. The molecule has 0 aliphatic carbocycles. The highest BCUT2D eigenvalue weighted by molar-refractivity contribution is 6.30. The van der Waals surface area contributed by atoms with Gasteiger partial charge in [-0.05, 0) is 73.4 Å². The molecule has 0 saturated carbocycles. The van der Waals surface area contributed by atoms with Crippen molar-refractivity contribution in [3.63, 3.8) is 0 Å². The highest BCUT2D eigenvalue weighted by Gasteiger charge is 2.36. The number of carbonyl (C=O) groups excluding carboxylic acids is 1. The largest absolute Gasteiger partial charge is 0.493 e. The predicted octanol–water partition coefficient (Wildman–Crippen LogP) is 6.51. The number of fused-ring (bicyclic) bond motifs is 1. The molecule has 0 bridgehead atoms. The lowest BCUT2D eigenvalue weighted by molar-refractivity contribution is -0.118. The standard InChI is InChI=1S/C27H28ClNO3/c1-5-18(3)32-25-16-23-20(14-24(25)31-4)15-26(30)29(22-12-6-17(2)7-13-22)27(23)19-8-10-21(28)11-9-19/h6-14,16,18,27H,5,15H2,1-4H3/t18-,27?/m1/s1. The molecular formula is C27H28ClNO3. The quantitative estimate of drug-likeness (QED) is 0.430. The maximum atomic E-state index is 13.4. The van der Waals surface area contributed by atoms with Crippen LogP contribution in [0.15, 0.2) is 60.7 Å². The van der Waals surface area contributed by atoms with E-state index in [-0.39, 0.29) is 18.1 Å². The fourth-order valence-electron chi connectivity index (χ4n) is 4.08. The van der Waals surface area contributed by atoms with E-state index < -0.39 is 0 Å². The molecule has 2 atom stereocenters. The van der Waals surface area contributed by atoms with Gasteiger partial charge in [-0.15, -0.1) is 0 Å². The van der Waals surface area contributed by atoms with Crippen LogP contribution in [-0.2, 0) is 11.2 Å². The van der Waals surface area contributed by atoms with Gasteiger partial charge in [0.15, 0.2) is 11.5 Å².